The lowest BCUT2D eigenvalue weighted by Gasteiger charge is -2.29. The Balaban J connectivity index is 1.67. The Hall–Kier alpha value is -3.76. The van der Waals surface area contributed by atoms with Crippen molar-refractivity contribution in [2.45, 2.75) is 19.9 Å². The number of benzene rings is 1. The summed E-state index contributed by atoms with van der Waals surface area (Å²) in [5.74, 6) is 1.30. The van der Waals surface area contributed by atoms with E-state index in [1.165, 1.54) is 12.4 Å². The number of rotatable bonds is 7. The van der Waals surface area contributed by atoms with Crippen molar-refractivity contribution in [3.05, 3.63) is 53.9 Å². The van der Waals surface area contributed by atoms with E-state index in [1.807, 2.05) is 44.2 Å². The number of anilines is 4. The van der Waals surface area contributed by atoms with Crippen LogP contribution >= 0.6 is 0 Å². The molecule has 1 atom stereocenters. The van der Waals surface area contributed by atoms with Gasteiger partial charge in [-0.15, -0.1) is 0 Å². The fraction of sp³-hybridized carbons (Fsp3) is 0.333. The third kappa shape index (κ3) is 5.59. The summed E-state index contributed by atoms with van der Waals surface area (Å²) in [6, 6.07) is 9.60. The number of nitrogens with zero attached hydrogens (tertiary/aromatic N) is 4. The quantitative estimate of drug-likeness (QED) is 0.416. The highest BCUT2D eigenvalue weighted by Crippen LogP contribution is 2.31. The number of amides is 1. The highest BCUT2D eigenvalue weighted by atomic mass is 16.5. The number of ether oxygens (including phenoxy) is 1. The van der Waals surface area contributed by atoms with Gasteiger partial charge in [0.1, 0.15) is 11.6 Å². The number of nitrogen functional groups attached to an aromatic ring is 1. The van der Waals surface area contributed by atoms with Crippen LogP contribution in [0.3, 0.4) is 0 Å². The molecule has 1 aliphatic rings. The number of nitrogens with two attached hydrogens (primary N) is 1. The number of aliphatic hydroxyl groups is 1. The average molecular weight is 464 g/mol. The minimum atomic E-state index is -0.322. The number of nitrogens with one attached hydrogen (secondary N) is 2. The Morgan fingerprint density at radius 1 is 1.21 bits per heavy atom. The molecule has 1 saturated heterocycles. The number of carbonyl (C=O) groups is 1. The minimum absolute atomic E-state index is 0.00576. The van der Waals surface area contributed by atoms with Gasteiger partial charge in [0.05, 0.1) is 25.4 Å². The van der Waals surface area contributed by atoms with Crippen LogP contribution in [0.15, 0.2) is 42.7 Å². The zero-order valence-electron chi connectivity index (χ0n) is 19.3. The van der Waals surface area contributed by atoms with Crippen molar-refractivity contribution < 1.29 is 14.6 Å². The molecular formula is C24H29N7O3. The Morgan fingerprint density at radius 3 is 2.65 bits per heavy atom. The molecule has 1 aliphatic heterocycles. The number of aromatic nitrogens is 3. The van der Waals surface area contributed by atoms with Crippen molar-refractivity contribution >= 4 is 29.2 Å². The van der Waals surface area contributed by atoms with Gasteiger partial charge in [0.2, 0.25) is 5.95 Å². The number of pyridine rings is 1. The number of aryl methyl sites for hydroxylation is 1. The first-order valence-corrected chi connectivity index (χ1v) is 11.1. The summed E-state index contributed by atoms with van der Waals surface area (Å²) in [5.41, 5.74) is 9.44. The van der Waals surface area contributed by atoms with Gasteiger partial charge in [0.25, 0.3) is 5.91 Å². The summed E-state index contributed by atoms with van der Waals surface area (Å²) >= 11 is 0. The van der Waals surface area contributed by atoms with E-state index in [0.29, 0.717) is 30.3 Å². The third-order valence-electron chi connectivity index (χ3n) is 5.56. The van der Waals surface area contributed by atoms with Crippen LogP contribution in [0.1, 0.15) is 22.8 Å². The number of hydrogen-bond donors (Lipinski definition) is 4. The molecule has 1 fully saturated rings. The maximum absolute atomic E-state index is 12.6. The molecule has 0 spiro atoms. The van der Waals surface area contributed by atoms with Crippen molar-refractivity contribution in [1.29, 1.82) is 0 Å². The lowest BCUT2D eigenvalue weighted by molar-refractivity contribution is 0.102. The Morgan fingerprint density at radius 2 is 1.94 bits per heavy atom. The third-order valence-corrected chi connectivity index (χ3v) is 5.56. The molecule has 5 N–H and O–H groups in total. The van der Waals surface area contributed by atoms with Crippen LogP contribution in [0.2, 0.25) is 0 Å². The lowest BCUT2D eigenvalue weighted by atomic mass is 10.00. The largest absolute Gasteiger partial charge is 0.394 e. The van der Waals surface area contributed by atoms with Gasteiger partial charge in [-0.3, -0.25) is 4.79 Å². The van der Waals surface area contributed by atoms with Gasteiger partial charge >= 0.3 is 0 Å². The highest BCUT2D eigenvalue weighted by Gasteiger charge is 2.17. The molecule has 1 amide bonds. The normalized spacial score (nSPS) is 14.5. The fourth-order valence-corrected chi connectivity index (χ4v) is 3.67. The molecule has 0 saturated carbocycles. The van der Waals surface area contributed by atoms with Crippen LogP contribution < -0.4 is 21.3 Å². The number of aliphatic hydroxyl groups excluding tert-OH is 1. The van der Waals surface area contributed by atoms with E-state index in [1.54, 1.807) is 0 Å². The molecule has 10 nitrogen and oxygen atoms in total. The second-order valence-corrected chi connectivity index (χ2v) is 8.24. The first-order valence-electron chi connectivity index (χ1n) is 11.1. The van der Waals surface area contributed by atoms with E-state index >= 15 is 0 Å². The van der Waals surface area contributed by atoms with Crippen LogP contribution in [-0.4, -0.2) is 64.9 Å². The molecule has 4 rings (SSSR count). The Bertz CT molecular complexity index is 1150. The van der Waals surface area contributed by atoms with Crippen molar-refractivity contribution in [2.75, 3.05) is 54.2 Å². The molecule has 0 radical (unpaired) electrons. The molecule has 1 aromatic carbocycles. The predicted molar refractivity (Wildman–Crippen MR) is 132 cm³/mol. The van der Waals surface area contributed by atoms with Gasteiger partial charge in [-0.25, -0.2) is 15.0 Å². The van der Waals surface area contributed by atoms with Crippen molar-refractivity contribution in [3.63, 3.8) is 0 Å². The fourth-order valence-electron chi connectivity index (χ4n) is 3.67. The molecule has 0 unspecified atom stereocenters. The molecule has 2 aromatic heterocycles. The lowest BCUT2D eigenvalue weighted by Crippen LogP contribution is -2.37. The number of morpholine rings is 1. The number of carbonyl (C=O) groups excluding carboxylic acids is 1. The molecule has 0 aliphatic carbocycles. The van der Waals surface area contributed by atoms with Crippen molar-refractivity contribution in [3.8, 4) is 11.1 Å². The number of hydrogen-bond acceptors (Lipinski definition) is 9. The van der Waals surface area contributed by atoms with Crippen LogP contribution in [-0.2, 0) is 4.74 Å². The van der Waals surface area contributed by atoms with Gasteiger partial charge in [-0.1, -0.05) is 6.07 Å². The molecule has 0 bridgehead atoms. The summed E-state index contributed by atoms with van der Waals surface area (Å²) in [6.45, 7) is 6.72. The summed E-state index contributed by atoms with van der Waals surface area (Å²) < 4.78 is 5.49. The second-order valence-electron chi connectivity index (χ2n) is 8.24. The van der Waals surface area contributed by atoms with Crippen LogP contribution in [0.5, 0.6) is 0 Å². The predicted octanol–water partition coefficient (Wildman–Crippen LogP) is 2.31. The first kappa shape index (κ1) is 23.4. The molecule has 10 heteroatoms. The summed E-state index contributed by atoms with van der Waals surface area (Å²) in [6.07, 6.45) is 2.79. The van der Waals surface area contributed by atoms with Gasteiger partial charge in [-0.05, 0) is 54.8 Å². The highest BCUT2D eigenvalue weighted by molar-refractivity contribution is 6.04. The molecular weight excluding hydrogens is 434 g/mol. The summed E-state index contributed by atoms with van der Waals surface area (Å²) in [7, 11) is 0. The smallest absolute Gasteiger partial charge is 0.258 e. The van der Waals surface area contributed by atoms with E-state index in [2.05, 4.69) is 25.5 Å². The van der Waals surface area contributed by atoms with Crippen molar-refractivity contribution in [2.24, 2.45) is 0 Å². The zero-order valence-corrected chi connectivity index (χ0v) is 19.3. The topological polar surface area (TPSA) is 139 Å². The van der Waals surface area contributed by atoms with E-state index < -0.39 is 0 Å². The SMILES string of the molecule is Cc1ccc(NC(=O)c2cnc(N)nc2)cc1-c1cc(N[C@H](C)CO)nc(N2CCOCC2)c1. The molecule has 3 heterocycles. The standard InChI is InChI=1S/C24H29N7O3/c1-15-3-4-19(29-23(33)18-12-26-24(25)27-13-18)11-20(15)17-9-21(28-16(2)14-32)30-22(10-17)31-5-7-34-8-6-31/h3-4,9-13,16,32H,5-8,14H2,1-2H3,(H,28,30)(H,29,33)(H2,25,26,27)/t16-/m1/s1. The monoisotopic (exact) mass is 463 g/mol. The Kier molecular flexibility index (Phi) is 7.19. The summed E-state index contributed by atoms with van der Waals surface area (Å²) in [5, 5.41) is 15.7. The second kappa shape index (κ2) is 10.4. The van der Waals surface area contributed by atoms with Crippen molar-refractivity contribution in [1.82, 2.24) is 15.0 Å². The van der Waals surface area contributed by atoms with Gasteiger partial charge in [-0.2, -0.15) is 0 Å². The van der Waals surface area contributed by atoms with Gasteiger partial charge in [0.15, 0.2) is 0 Å². The zero-order chi connectivity index (χ0) is 24.1. The van der Waals surface area contributed by atoms with Gasteiger partial charge in [0, 0.05) is 37.2 Å². The van der Waals surface area contributed by atoms with E-state index in [9.17, 15) is 9.90 Å². The maximum atomic E-state index is 12.6. The van der Waals surface area contributed by atoms with E-state index in [4.69, 9.17) is 15.5 Å². The minimum Gasteiger partial charge on any atom is -0.394 e. The molecule has 34 heavy (non-hydrogen) atoms. The molecule has 178 valence electrons. The van der Waals surface area contributed by atoms with Gasteiger partial charge < -0.3 is 31.1 Å². The average Bonchev–Trinajstić information content (AvgIpc) is 2.85. The first-order chi connectivity index (χ1) is 16.4. The van der Waals surface area contributed by atoms with E-state index in [0.717, 1.165) is 35.6 Å². The Labute approximate surface area is 198 Å². The molecule has 3 aromatic rings. The van der Waals surface area contributed by atoms with Crippen LogP contribution in [0.4, 0.5) is 23.3 Å². The maximum Gasteiger partial charge on any atom is 0.258 e. The summed E-state index contributed by atoms with van der Waals surface area (Å²) in [4.78, 5) is 27.3. The van der Waals surface area contributed by atoms with Crippen LogP contribution in [0.25, 0.3) is 11.1 Å². The van der Waals surface area contributed by atoms with E-state index in [-0.39, 0.29) is 24.5 Å². The van der Waals surface area contributed by atoms with Crippen LogP contribution in [0, 0.1) is 6.92 Å².